The van der Waals surface area contributed by atoms with E-state index < -0.39 is 0 Å². The van der Waals surface area contributed by atoms with Gasteiger partial charge in [-0.2, -0.15) is 0 Å². The summed E-state index contributed by atoms with van der Waals surface area (Å²) in [6.45, 7) is 7.32. The average Bonchev–Trinajstić information content (AvgIpc) is 3.30. The van der Waals surface area contributed by atoms with Gasteiger partial charge in [0.05, 0.1) is 31.8 Å². The minimum Gasteiger partial charge on any atom is -0.497 e. The lowest BCUT2D eigenvalue weighted by Gasteiger charge is -2.09. The molecule has 4 heteroatoms. The number of aromatic nitrogens is 1. The van der Waals surface area contributed by atoms with Crippen molar-refractivity contribution in [3.8, 4) is 39.4 Å². The quantitative estimate of drug-likeness (QED) is 0.231. The first-order valence-electron chi connectivity index (χ1n) is 12.0. The summed E-state index contributed by atoms with van der Waals surface area (Å²) in [5.41, 5.74) is 8.46. The van der Waals surface area contributed by atoms with Gasteiger partial charge in [-0.05, 0) is 82.9 Å². The fourth-order valence-corrected chi connectivity index (χ4v) is 4.90. The Morgan fingerprint density at radius 3 is 1.38 bits per heavy atom. The fourth-order valence-electron chi connectivity index (χ4n) is 4.90. The number of benzene rings is 5. The van der Waals surface area contributed by atoms with Crippen LogP contribution in [0, 0.1) is 6.57 Å². The summed E-state index contributed by atoms with van der Waals surface area (Å²) in [4.78, 5) is 3.56. The zero-order valence-electron chi connectivity index (χ0n) is 20.6. The molecule has 0 radical (unpaired) electrons. The van der Waals surface area contributed by atoms with Crippen LogP contribution in [0.3, 0.4) is 0 Å². The smallest absolute Gasteiger partial charge is 0.187 e. The number of rotatable bonds is 5. The molecule has 0 fully saturated rings. The van der Waals surface area contributed by atoms with Gasteiger partial charge in [0.2, 0.25) is 0 Å². The van der Waals surface area contributed by atoms with E-state index in [0.717, 1.165) is 50.5 Å². The predicted molar refractivity (Wildman–Crippen MR) is 151 cm³/mol. The van der Waals surface area contributed by atoms with Gasteiger partial charge in [0.25, 0.3) is 0 Å². The summed E-state index contributed by atoms with van der Waals surface area (Å²) in [7, 11) is 3.36. The Balaban J connectivity index is 1.58. The van der Waals surface area contributed by atoms with Gasteiger partial charge in [0.1, 0.15) is 11.5 Å². The van der Waals surface area contributed by atoms with Gasteiger partial charge in [-0.1, -0.05) is 48.5 Å². The van der Waals surface area contributed by atoms with Gasteiger partial charge in [0.15, 0.2) is 5.69 Å². The maximum Gasteiger partial charge on any atom is 0.187 e. The lowest BCUT2D eigenvalue weighted by atomic mass is 10.00. The van der Waals surface area contributed by atoms with E-state index in [1.54, 1.807) is 14.2 Å². The molecule has 0 bridgehead atoms. The first-order chi connectivity index (χ1) is 18.2. The first kappa shape index (κ1) is 22.5. The van der Waals surface area contributed by atoms with E-state index in [9.17, 15) is 0 Å². The topological polar surface area (TPSA) is 27.8 Å². The third-order valence-corrected chi connectivity index (χ3v) is 6.85. The Labute approximate surface area is 215 Å². The molecule has 0 aliphatic heterocycles. The molecule has 0 unspecified atom stereocenters. The van der Waals surface area contributed by atoms with E-state index in [1.807, 2.05) is 48.5 Å². The zero-order chi connectivity index (χ0) is 25.4. The second-order valence-electron chi connectivity index (χ2n) is 8.88. The van der Waals surface area contributed by atoms with E-state index >= 15 is 0 Å². The van der Waals surface area contributed by atoms with Crippen LogP contribution in [0.5, 0.6) is 11.5 Å². The summed E-state index contributed by atoms with van der Waals surface area (Å²) >= 11 is 0. The Kier molecular flexibility index (Phi) is 5.59. The molecule has 1 aromatic heterocycles. The highest BCUT2D eigenvalue weighted by molar-refractivity contribution is 6.11. The van der Waals surface area contributed by atoms with Gasteiger partial charge in [0, 0.05) is 16.5 Å². The van der Waals surface area contributed by atoms with Gasteiger partial charge in [-0.25, -0.2) is 4.85 Å². The molecule has 1 heterocycles. The summed E-state index contributed by atoms with van der Waals surface area (Å²) in [5, 5.41) is 2.35. The number of fused-ring (bicyclic) bond motifs is 3. The monoisotopic (exact) mass is 480 g/mol. The highest BCUT2D eigenvalue weighted by Crippen LogP contribution is 2.37. The van der Waals surface area contributed by atoms with Crippen molar-refractivity contribution in [2.75, 3.05) is 14.2 Å². The van der Waals surface area contributed by atoms with Crippen LogP contribution in [0.1, 0.15) is 0 Å². The van der Waals surface area contributed by atoms with Crippen LogP contribution in [0.15, 0.2) is 109 Å². The van der Waals surface area contributed by atoms with E-state index in [-0.39, 0.29) is 0 Å². The SMILES string of the molecule is [C-]#[N+]c1ccc(-n2c3ccc(-c4ccc(OC)cc4)cc3c3cc(-c4ccc(OC)cc4)ccc32)cc1. The second-order valence-corrected chi connectivity index (χ2v) is 8.88. The molecular weight excluding hydrogens is 456 g/mol. The van der Waals surface area contributed by atoms with E-state index in [1.165, 1.54) is 10.8 Å². The average molecular weight is 481 g/mol. The third kappa shape index (κ3) is 3.97. The van der Waals surface area contributed by atoms with E-state index in [4.69, 9.17) is 16.0 Å². The number of nitrogens with zero attached hydrogens (tertiary/aromatic N) is 2. The Morgan fingerprint density at radius 2 is 0.973 bits per heavy atom. The van der Waals surface area contributed by atoms with Crippen LogP contribution >= 0.6 is 0 Å². The summed E-state index contributed by atoms with van der Waals surface area (Å²) in [5.74, 6) is 1.68. The molecule has 0 spiro atoms. The number of hydrogen-bond donors (Lipinski definition) is 0. The standard InChI is InChI=1S/C33H24N2O2/c1-34-26-10-12-27(13-11-26)35-32-18-8-24(22-4-14-28(36-2)15-5-22)20-30(32)31-21-25(9-19-33(31)35)23-6-16-29(37-3)17-7-23/h4-21H,2-3H3. The van der Waals surface area contributed by atoms with E-state index in [0.29, 0.717) is 5.69 Å². The van der Waals surface area contributed by atoms with Crippen molar-refractivity contribution in [2.24, 2.45) is 0 Å². The molecule has 5 aromatic carbocycles. The molecule has 0 atom stereocenters. The Morgan fingerprint density at radius 1 is 0.541 bits per heavy atom. The maximum atomic E-state index is 7.32. The van der Waals surface area contributed by atoms with Gasteiger partial charge in [-0.3, -0.25) is 0 Å². The van der Waals surface area contributed by atoms with E-state index in [2.05, 4.69) is 70.1 Å². The molecule has 0 amide bonds. The van der Waals surface area contributed by atoms with Crippen molar-refractivity contribution in [2.45, 2.75) is 0 Å². The largest absolute Gasteiger partial charge is 0.497 e. The Hall–Kier alpha value is -5.01. The minimum atomic E-state index is 0.633. The second kappa shape index (κ2) is 9.22. The van der Waals surface area contributed by atoms with Crippen molar-refractivity contribution in [1.82, 2.24) is 4.57 Å². The van der Waals surface area contributed by atoms with Gasteiger partial charge >= 0.3 is 0 Å². The lowest BCUT2D eigenvalue weighted by molar-refractivity contribution is 0.415. The highest BCUT2D eigenvalue weighted by atomic mass is 16.5. The molecule has 37 heavy (non-hydrogen) atoms. The molecule has 6 rings (SSSR count). The Bertz CT molecular complexity index is 1670. The van der Waals surface area contributed by atoms with Crippen molar-refractivity contribution in [3.63, 3.8) is 0 Å². The lowest BCUT2D eigenvalue weighted by Crippen LogP contribution is -1.93. The first-order valence-corrected chi connectivity index (χ1v) is 12.0. The molecule has 6 aromatic rings. The van der Waals surface area contributed by atoms with Crippen LogP contribution < -0.4 is 9.47 Å². The number of hydrogen-bond acceptors (Lipinski definition) is 2. The molecule has 4 nitrogen and oxygen atoms in total. The van der Waals surface area contributed by atoms with Crippen molar-refractivity contribution >= 4 is 27.5 Å². The molecule has 0 N–H and O–H groups in total. The normalized spacial score (nSPS) is 10.9. The third-order valence-electron chi connectivity index (χ3n) is 6.85. The maximum absolute atomic E-state index is 7.32. The molecule has 178 valence electrons. The molecule has 0 aliphatic rings. The zero-order valence-corrected chi connectivity index (χ0v) is 20.6. The number of ether oxygens (including phenoxy) is 2. The summed E-state index contributed by atoms with van der Waals surface area (Å²) in [6.07, 6.45) is 0. The highest BCUT2D eigenvalue weighted by Gasteiger charge is 2.15. The van der Waals surface area contributed by atoms with Gasteiger partial charge in [-0.15, -0.1) is 0 Å². The van der Waals surface area contributed by atoms with Crippen molar-refractivity contribution in [3.05, 3.63) is 121 Å². The summed E-state index contributed by atoms with van der Waals surface area (Å²) in [6, 6.07) is 37.3. The van der Waals surface area contributed by atoms with Crippen molar-refractivity contribution in [1.29, 1.82) is 0 Å². The van der Waals surface area contributed by atoms with Crippen LogP contribution in [0.2, 0.25) is 0 Å². The molecule has 0 aliphatic carbocycles. The summed E-state index contributed by atoms with van der Waals surface area (Å²) < 4.78 is 13.0. The number of methoxy groups -OCH3 is 2. The van der Waals surface area contributed by atoms with Crippen LogP contribution in [-0.4, -0.2) is 18.8 Å². The molecular formula is C33H24N2O2. The van der Waals surface area contributed by atoms with Crippen LogP contribution in [0.4, 0.5) is 5.69 Å². The molecule has 0 saturated carbocycles. The van der Waals surface area contributed by atoms with Crippen LogP contribution in [-0.2, 0) is 0 Å². The minimum absolute atomic E-state index is 0.633. The fraction of sp³-hybridized carbons (Fsp3) is 0.0606. The van der Waals surface area contributed by atoms with Crippen LogP contribution in [0.25, 0.3) is 54.6 Å². The predicted octanol–water partition coefficient (Wildman–Crippen LogP) is 8.69. The van der Waals surface area contributed by atoms with Gasteiger partial charge < -0.3 is 14.0 Å². The molecule has 0 saturated heterocycles. The van der Waals surface area contributed by atoms with Crippen molar-refractivity contribution < 1.29 is 9.47 Å².